The number of primary sulfonamides is 1. The van der Waals surface area contributed by atoms with Gasteiger partial charge in [0.15, 0.2) is 0 Å². The SMILES string of the molecule is COc1ccc(S(N)(=O)=O)cc1C(=O)NC(C)c1ccc(C(C)(C)C)cc1. The van der Waals surface area contributed by atoms with Crippen LogP contribution in [-0.4, -0.2) is 21.4 Å². The zero-order valence-electron chi connectivity index (χ0n) is 16.2. The second-order valence-corrected chi connectivity index (χ2v) is 9.04. The Balaban J connectivity index is 2.26. The van der Waals surface area contributed by atoms with Crippen LogP contribution in [0.4, 0.5) is 0 Å². The fourth-order valence-electron chi connectivity index (χ4n) is 2.67. The number of benzene rings is 2. The van der Waals surface area contributed by atoms with E-state index in [-0.39, 0.29) is 27.7 Å². The van der Waals surface area contributed by atoms with Gasteiger partial charge in [0.1, 0.15) is 5.75 Å². The quantitative estimate of drug-likeness (QED) is 0.819. The summed E-state index contributed by atoms with van der Waals surface area (Å²) in [6, 6.07) is 11.7. The molecule has 1 atom stereocenters. The summed E-state index contributed by atoms with van der Waals surface area (Å²) in [5.74, 6) is -0.167. The van der Waals surface area contributed by atoms with Crippen molar-refractivity contribution in [2.24, 2.45) is 5.14 Å². The van der Waals surface area contributed by atoms with Gasteiger partial charge in [0.25, 0.3) is 5.91 Å². The predicted molar refractivity (Wildman–Crippen MR) is 105 cm³/mol. The van der Waals surface area contributed by atoms with Gasteiger partial charge in [-0.3, -0.25) is 4.79 Å². The molecule has 0 saturated carbocycles. The van der Waals surface area contributed by atoms with Crippen LogP contribution in [0.2, 0.25) is 0 Å². The number of nitrogens with one attached hydrogen (secondary N) is 1. The first-order valence-electron chi connectivity index (χ1n) is 8.55. The normalized spacial score (nSPS) is 13.1. The van der Waals surface area contributed by atoms with Gasteiger partial charge in [-0.2, -0.15) is 0 Å². The van der Waals surface area contributed by atoms with Crippen molar-refractivity contribution in [3.05, 3.63) is 59.2 Å². The summed E-state index contributed by atoms with van der Waals surface area (Å²) in [6.45, 7) is 8.27. The summed E-state index contributed by atoms with van der Waals surface area (Å²) in [5, 5.41) is 8.03. The smallest absolute Gasteiger partial charge is 0.255 e. The molecule has 1 unspecified atom stereocenters. The Kier molecular flexibility index (Phi) is 5.97. The van der Waals surface area contributed by atoms with Crippen molar-refractivity contribution in [3.63, 3.8) is 0 Å². The molecule has 0 radical (unpaired) electrons. The Morgan fingerprint density at radius 2 is 1.70 bits per heavy atom. The first-order chi connectivity index (χ1) is 12.4. The number of amides is 1. The van der Waals surface area contributed by atoms with Gasteiger partial charge in [0.2, 0.25) is 10.0 Å². The van der Waals surface area contributed by atoms with Crippen molar-refractivity contribution in [1.82, 2.24) is 5.32 Å². The topological polar surface area (TPSA) is 98.5 Å². The lowest BCUT2D eigenvalue weighted by atomic mass is 9.86. The molecule has 6 nitrogen and oxygen atoms in total. The van der Waals surface area contributed by atoms with Gasteiger partial charge in [-0.25, -0.2) is 13.6 Å². The molecule has 0 aromatic heterocycles. The first kappa shape index (κ1) is 20.9. The highest BCUT2D eigenvalue weighted by molar-refractivity contribution is 7.89. The Hall–Kier alpha value is -2.38. The van der Waals surface area contributed by atoms with Crippen LogP contribution >= 0.6 is 0 Å². The van der Waals surface area contributed by atoms with Gasteiger partial charge < -0.3 is 10.1 Å². The summed E-state index contributed by atoms with van der Waals surface area (Å²) >= 11 is 0. The number of methoxy groups -OCH3 is 1. The molecule has 27 heavy (non-hydrogen) atoms. The fraction of sp³-hybridized carbons (Fsp3) is 0.350. The third-order valence-corrected chi connectivity index (χ3v) is 5.28. The van der Waals surface area contributed by atoms with Crippen LogP contribution in [-0.2, 0) is 15.4 Å². The number of rotatable bonds is 5. The Morgan fingerprint density at radius 1 is 1.11 bits per heavy atom. The lowest BCUT2D eigenvalue weighted by Gasteiger charge is -2.21. The van der Waals surface area contributed by atoms with Crippen molar-refractivity contribution in [2.75, 3.05) is 7.11 Å². The van der Waals surface area contributed by atoms with Crippen LogP contribution in [0.3, 0.4) is 0 Å². The Bertz CT molecular complexity index is 929. The first-order valence-corrected chi connectivity index (χ1v) is 10.1. The van der Waals surface area contributed by atoms with Gasteiger partial charge in [-0.05, 0) is 41.7 Å². The maximum absolute atomic E-state index is 12.7. The molecular formula is C20H26N2O4S. The zero-order valence-corrected chi connectivity index (χ0v) is 17.1. The summed E-state index contributed by atoms with van der Waals surface area (Å²) in [6.07, 6.45) is 0. The molecular weight excluding hydrogens is 364 g/mol. The van der Waals surface area contributed by atoms with Crippen molar-refractivity contribution >= 4 is 15.9 Å². The maximum Gasteiger partial charge on any atom is 0.255 e. The second kappa shape index (κ2) is 7.70. The van der Waals surface area contributed by atoms with Crippen LogP contribution < -0.4 is 15.2 Å². The Labute approximate surface area is 160 Å². The number of hydrogen-bond acceptors (Lipinski definition) is 4. The van der Waals surface area contributed by atoms with Gasteiger partial charge >= 0.3 is 0 Å². The zero-order chi connectivity index (χ0) is 20.4. The molecule has 1 amide bonds. The minimum absolute atomic E-state index is 0.0482. The van der Waals surface area contributed by atoms with E-state index in [9.17, 15) is 13.2 Å². The van der Waals surface area contributed by atoms with Crippen molar-refractivity contribution in [3.8, 4) is 5.75 Å². The number of carbonyl (C=O) groups is 1. The lowest BCUT2D eigenvalue weighted by Crippen LogP contribution is -2.27. The largest absolute Gasteiger partial charge is 0.496 e. The standard InChI is InChI=1S/C20H26N2O4S/c1-13(14-6-8-15(9-7-14)20(2,3)4)22-19(23)17-12-16(27(21,24)25)10-11-18(17)26-5/h6-13H,1-5H3,(H,22,23)(H2,21,24,25). The summed E-state index contributed by atoms with van der Waals surface area (Å²) < 4.78 is 28.3. The minimum Gasteiger partial charge on any atom is -0.496 e. The fourth-order valence-corrected chi connectivity index (χ4v) is 3.21. The summed E-state index contributed by atoms with van der Waals surface area (Å²) in [5.41, 5.74) is 2.31. The highest BCUT2D eigenvalue weighted by Gasteiger charge is 2.20. The molecule has 146 valence electrons. The number of hydrogen-bond donors (Lipinski definition) is 2. The molecule has 0 saturated heterocycles. The minimum atomic E-state index is -3.92. The van der Waals surface area contributed by atoms with Crippen molar-refractivity contribution < 1.29 is 17.9 Å². The van der Waals surface area contributed by atoms with E-state index in [2.05, 4.69) is 26.1 Å². The average Bonchev–Trinajstić information content (AvgIpc) is 2.59. The van der Waals surface area contributed by atoms with Gasteiger partial charge in [0, 0.05) is 0 Å². The van der Waals surface area contributed by atoms with E-state index < -0.39 is 15.9 Å². The van der Waals surface area contributed by atoms with Crippen molar-refractivity contribution in [2.45, 2.75) is 44.0 Å². The molecule has 7 heteroatoms. The highest BCUT2D eigenvalue weighted by Crippen LogP contribution is 2.25. The molecule has 3 N–H and O–H groups in total. The molecule has 2 aromatic rings. The number of carbonyl (C=O) groups excluding carboxylic acids is 1. The molecule has 0 aliphatic carbocycles. The third-order valence-electron chi connectivity index (χ3n) is 4.37. The molecule has 0 aliphatic rings. The molecule has 0 bridgehead atoms. The lowest BCUT2D eigenvalue weighted by molar-refractivity contribution is 0.0936. The van der Waals surface area contributed by atoms with E-state index in [1.54, 1.807) is 0 Å². The molecule has 0 fully saturated rings. The number of sulfonamides is 1. The van der Waals surface area contributed by atoms with Crippen LogP contribution in [0.1, 0.15) is 55.2 Å². The van der Waals surface area contributed by atoms with E-state index in [1.807, 2.05) is 31.2 Å². The third kappa shape index (κ3) is 5.08. The van der Waals surface area contributed by atoms with Crippen LogP contribution in [0, 0.1) is 0 Å². The monoisotopic (exact) mass is 390 g/mol. The number of nitrogens with two attached hydrogens (primary N) is 1. The van der Waals surface area contributed by atoms with Crippen LogP contribution in [0.15, 0.2) is 47.4 Å². The molecule has 0 heterocycles. The summed E-state index contributed by atoms with van der Waals surface area (Å²) in [4.78, 5) is 12.5. The Morgan fingerprint density at radius 3 is 2.19 bits per heavy atom. The van der Waals surface area contributed by atoms with E-state index >= 15 is 0 Å². The van der Waals surface area contributed by atoms with E-state index in [1.165, 1.54) is 30.9 Å². The van der Waals surface area contributed by atoms with E-state index in [4.69, 9.17) is 9.88 Å². The summed E-state index contributed by atoms with van der Waals surface area (Å²) in [7, 11) is -2.50. The van der Waals surface area contributed by atoms with Gasteiger partial charge in [-0.1, -0.05) is 45.0 Å². The van der Waals surface area contributed by atoms with Crippen molar-refractivity contribution in [1.29, 1.82) is 0 Å². The van der Waals surface area contributed by atoms with E-state index in [0.717, 1.165) is 5.56 Å². The van der Waals surface area contributed by atoms with Gasteiger partial charge in [0.05, 0.1) is 23.6 Å². The predicted octanol–water partition coefficient (Wildman–Crippen LogP) is 3.13. The molecule has 0 spiro atoms. The number of ether oxygens (including phenoxy) is 1. The second-order valence-electron chi connectivity index (χ2n) is 7.47. The van der Waals surface area contributed by atoms with Gasteiger partial charge in [-0.15, -0.1) is 0 Å². The molecule has 2 rings (SSSR count). The van der Waals surface area contributed by atoms with E-state index in [0.29, 0.717) is 0 Å². The highest BCUT2D eigenvalue weighted by atomic mass is 32.2. The maximum atomic E-state index is 12.7. The van der Waals surface area contributed by atoms with Crippen LogP contribution in [0.25, 0.3) is 0 Å². The molecule has 0 aliphatic heterocycles. The van der Waals surface area contributed by atoms with Crippen LogP contribution in [0.5, 0.6) is 5.75 Å². The molecule has 2 aromatic carbocycles. The average molecular weight is 391 g/mol.